The molecule has 0 bridgehead atoms. The van der Waals surface area contributed by atoms with Crippen molar-refractivity contribution in [3.05, 3.63) is 65.7 Å². The summed E-state index contributed by atoms with van der Waals surface area (Å²) in [6.07, 6.45) is 0. The minimum absolute atomic E-state index is 0.179. The summed E-state index contributed by atoms with van der Waals surface area (Å²) in [5.41, 5.74) is 2.50. The number of thiocarbonyl (C=S) groups is 1. The number of para-hydroxylation sites is 1. The van der Waals surface area contributed by atoms with Crippen LogP contribution in [0.3, 0.4) is 0 Å². The van der Waals surface area contributed by atoms with Gasteiger partial charge in [-0.3, -0.25) is 0 Å². The minimum Gasteiger partial charge on any atom is -0.449 e. The zero-order valence-electron chi connectivity index (χ0n) is 10.2. The summed E-state index contributed by atoms with van der Waals surface area (Å²) in [6.45, 7) is 2.21. The quantitative estimate of drug-likeness (QED) is 0.739. The van der Waals surface area contributed by atoms with Crippen molar-refractivity contribution in [1.29, 1.82) is 0 Å². The topological polar surface area (TPSA) is 9.23 Å². The van der Waals surface area contributed by atoms with Gasteiger partial charge in [-0.05, 0) is 29.8 Å². The predicted molar refractivity (Wildman–Crippen MR) is 77.3 cm³/mol. The maximum atomic E-state index is 5.69. The van der Waals surface area contributed by atoms with Gasteiger partial charge in [-0.2, -0.15) is 0 Å². The van der Waals surface area contributed by atoms with Crippen LogP contribution in [0.15, 0.2) is 54.6 Å². The summed E-state index contributed by atoms with van der Waals surface area (Å²) in [4.78, 5) is 0. The Hall–Kier alpha value is -1.67. The average molecular weight is 254 g/mol. The molecular weight excluding hydrogens is 240 g/mol. The van der Waals surface area contributed by atoms with Crippen molar-refractivity contribution < 1.29 is 4.74 Å². The Bertz CT molecular complexity index is 577. The molecule has 2 atom stereocenters. The molecular formula is C16H14OS. The number of rotatable bonds is 2. The molecule has 2 heteroatoms. The van der Waals surface area contributed by atoms with Crippen molar-refractivity contribution in [2.45, 2.75) is 18.8 Å². The third-order valence-corrected chi connectivity index (χ3v) is 3.88. The molecule has 2 unspecified atom stereocenters. The largest absolute Gasteiger partial charge is 0.449 e. The normalized spacial score (nSPS) is 19.2. The van der Waals surface area contributed by atoms with Crippen LogP contribution in [0.1, 0.15) is 29.9 Å². The fraction of sp³-hybridized carbons (Fsp3) is 0.188. The molecule has 1 aliphatic rings. The van der Waals surface area contributed by atoms with Crippen LogP contribution in [0.2, 0.25) is 0 Å². The molecule has 0 radical (unpaired) electrons. The number of hydrogen-bond donors (Lipinski definition) is 0. The summed E-state index contributed by atoms with van der Waals surface area (Å²) >= 11 is 5.40. The highest BCUT2D eigenvalue weighted by molar-refractivity contribution is 7.80. The summed E-state index contributed by atoms with van der Waals surface area (Å²) in [5, 5.41) is 0.688. The number of hydrogen-bond acceptors (Lipinski definition) is 2. The molecule has 0 N–H and O–H groups in total. The first-order valence-corrected chi connectivity index (χ1v) is 6.54. The van der Waals surface area contributed by atoms with E-state index in [4.69, 9.17) is 17.0 Å². The van der Waals surface area contributed by atoms with Crippen LogP contribution in [0.4, 0.5) is 0 Å². The first-order chi connectivity index (χ1) is 8.77. The first-order valence-electron chi connectivity index (χ1n) is 6.13. The van der Waals surface area contributed by atoms with E-state index in [-0.39, 0.29) is 5.92 Å². The molecule has 90 valence electrons. The van der Waals surface area contributed by atoms with Crippen LogP contribution in [0.5, 0.6) is 5.75 Å². The van der Waals surface area contributed by atoms with E-state index in [9.17, 15) is 0 Å². The molecule has 2 aromatic rings. The van der Waals surface area contributed by atoms with Crippen molar-refractivity contribution in [2.75, 3.05) is 0 Å². The Kier molecular flexibility index (Phi) is 2.88. The van der Waals surface area contributed by atoms with Gasteiger partial charge in [0.05, 0.1) is 5.92 Å². The van der Waals surface area contributed by atoms with Gasteiger partial charge in [0.2, 0.25) is 0 Å². The fourth-order valence-corrected chi connectivity index (χ4v) is 2.97. The highest BCUT2D eigenvalue weighted by Gasteiger charge is 2.34. The lowest BCUT2D eigenvalue weighted by atomic mass is 9.84. The number of benzene rings is 2. The molecule has 1 nitrogen and oxygen atoms in total. The van der Waals surface area contributed by atoms with Gasteiger partial charge in [0.1, 0.15) is 5.75 Å². The zero-order chi connectivity index (χ0) is 12.5. The third-order valence-electron chi connectivity index (χ3n) is 3.54. The highest BCUT2D eigenvalue weighted by atomic mass is 32.1. The second kappa shape index (κ2) is 4.54. The van der Waals surface area contributed by atoms with Gasteiger partial charge in [0.25, 0.3) is 0 Å². The van der Waals surface area contributed by atoms with E-state index in [1.165, 1.54) is 11.1 Å². The Morgan fingerprint density at radius 2 is 1.67 bits per heavy atom. The second-order valence-corrected chi connectivity index (χ2v) is 5.04. The van der Waals surface area contributed by atoms with Crippen molar-refractivity contribution >= 4 is 17.3 Å². The van der Waals surface area contributed by atoms with Crippen LogP contribution in [-0.2, 0) is 0 Å². The summed E-state index contributed by atoms with van der Waals surface area (Å²) in [6, 6.07) is 18.6. The van der Waals surface area contributed by atoms with Gasteiger partial charge < -0.3 is 4.74 Å². The van der Waals surface area contributed by atoms with E-state index in [2.05, 4.69) is 37.3 Å². The van der Waals surface area contributed by atoms with Crippen LogP contribution in [0.25, 0.3) is 0 Å². The summed E-state index contributed by atoms with van der Waals surface area (Å²) < 4.78 is 5.69. The van der Waals surface area contributed by atoms with Gasteiger partial charge in [-0.25, -0.2) is 0 Å². The van der Waals surface area contributed by atoms with E-state index in [0.29, 0.717) is 11.0 Å². The molecule has 0 amide bonds. The second-order valence-electron chi connectivity index (χ2n) is 4.64. The van der Waals surface area contributed by atoms with E-state index in [1.807, 2.05) is 24.3 Å². The monoisotopic (exact) mass is 254 g/mol. The lowest BCUT2D eigenvalue weighted by Crippen LogP contribution is -2.14. The summed E-state index contributed by atoms with van der Waals surface area (Å²) in [7, 11) is 0. The van der Waals surface area contributed by atoms with Crippen LogP contribution >= 0.6 is 12.2 Å². The zero-order valence-corrected chi connectivity index (χ0v) is 11.0. The molecule has 0 spiro atoms. The van der Waals surface area contributed by atoms with Crippen LogP contribution in [-0.4, -0.2) is 5.05 Å². The van der Waals surface area contributed by atoms with Crippen molar-refractivity contribution in [1.82, 2.24) is 0 Å². The standard InChI is InChI=1S/C16H14OS/c1-11(12-7-3-2-4-8-12)15-13-9-5-6-10-14(13)17-16(15)18/h2-11,15H,1H3. The van der Waals surface area contributed by atoms with Gasteiger partial charge in [-0.1, -0.05) is 55.5 Å². The third kappa shape index (κ3) is 1.83. The molecule has 0 aliphatic carbocycles. The Morgan fingerprint density at radius 3 is 2.44 bits per heavy atom. The van der Waals surface area contributed by atoms with E-state index >= 15 is 0 Å². The lowest BCUT2D eigenvalue weighted by Gasteiger charge is -2.18. The summed E-state index contributed by atoms with van der Waals surface area (Å²) in [5.74, 6) is 1.43. The minimum atomic E-state index is 0.179. The van der Waals surface area contributed by atoms with E-state index in [1.54, 1.807) is 0 Å². The molecule has 0 saturated carbocycles. The first kappa shape index (κ1) is 11.4. The van der Waals surface area contributed by atoms with Gasteiger partial charge >= 0.3 is 0 Å². The SMILES string of the molecule is CC(c1ccccc1)C1C(=S)Oc2ccccc21. The number of ether oxygens (including phenoxy) is 1. The van der Waals surface area contributed by atoms with Gasteiger partial charge in [-0.15, -0.1) is 0 Å². The maximum Gasteiger partial charge on any atom is 0.175 e. The van der Waals surface area contributed by atoms with Crippen LogP contribution < -0.4 is 4.74 Å². The molecule has 0 fully saturated rings. The predicted octanol–water partition coefficient (Wildman–Crippen LogP) is 4.29. The van der Waals surface area contributed by atoms with Crippen molar-refractivity contribution in [2.24, 2.45) is 0 Å². The smallest absolute Gasteiger partial charge is 0.175 e. The molecule has 0 saturated heterocycles. The number of fused-ring (bicyclic) bond motifs is 1. The average Bonchev–Trinajstić information content (AvgIpc) is 2.75. The molecule has 1 aliphatic heterocycles. The van der Waals surface area contributed by atoms with Crippen molar-refractivity contribution in [3.63, 3.8) is 0 Å². The van der Waals surface area contributed by atoms with Gasteiger partial charge in [0.15, 0.2) is 5.05 Å². The van der Waals surface area contributed by atoms with Crippen molar-refractivity contribution in [3.8, 4) is 5.75 Å². The fourth-order valence-electron chi connectivity index (χ4n) is 2.55. The Balaban J connectivity index is 2.00. The van der Waals surface area contributed by atoms with E-state index < -0.39 is 0 Å². The Morgan fingerprint density at radius 1 is 1.00 bits per heavy atom. The maximum absolute atomic E-state index is 5.69. The Labute approximate surface area is 112 Å². The molecule has 18 heavy (non-hydrogen) atoms. The molecule has 2 aromatic carbocycles. The van der Waals surface area contributed by atoms with Crippen LogP contribution in [0, 0.1) is 0 Å². The van der Waals surface area contributed by atoms with Gasteiger partial charge in [0, 0.05) is 5.56 Å². The molecule has 3 rings (SSSR count). The highest BCUT2D eigenvalue weighted by Crippen LogP contribution is 2.43. The lowest BCUT2D eigenvalue weighted by molar-refractivity contribution is 0.563. The molecule has 1 heterocycles. The molecule has 0 aromatic heterocycles. The van der Waals surface area contributed by atoms with E-state index in [0.717, 1.165) is 5.75 Å².